The Labute approximate surface area is 151 Å². The van der Waals surface area contributed by atoms with Crippen LogP contribution in [0.15, 0.2) is 29.2 Å². The molecule has 25 heavy (non-hydrogen) atoms. The van der Waals surface area contributed by atoms with Crippen LogP contribution < -0.4 is 5.32 Å². The number of aromatic nitrogens is 1. The lowest BCUT2D eigenvalue weighted by atomic mass is 10.2. The molecule has 1 aliphatic rings. The Morgan fingerprint density at radius 3 is 2.72 bits per heavy atom. The minimum Gasteiger partial charge on any atom is -0.298 e. The van der Waals surface area contributed by atoms with Gasteiger partial charge < -0.3 is 0 Å². The lowest BCUT2D eigenvalue weighted by Crippen LogP contribution is -2.22. The first-order valence-electron chi connectivity index (χ1n) is 8.20. The third kappa shape index (κ3) is 3.91. The second-order valence-electron chi connectivity index (χ2n) is 6.22. The van der Waals surface area contributed by atoms with E-state index in [2.05, 4.69) is 10.3 Å². The molecule has 3 rings (SSSR count). The van der Waals surface area contributed by atoms with Gasteiger partial charge in [0.1, 0.15) is 0 Å². The minimum atomic E-state index is -3.57. The third-order valence-corrected chi connectivity index (χ3v) is 7.07. The van der Waals surface area contributed by atoms with E-state index in [9.17, 15) is 13.2 Å². The summed E-state index contributed by atoms with van der Waals surface area (Å²) in [7, 11) is -0.646. The van der Waals surface area contributed by atoms with Crippen molar-refractivity contribution in [1.82, 2.24) is 9.29 Å². The smallest absolute Gasteiger partial charge is 0.257 e. The molecule has 1 N–H and O–H groups in total. The number of rotatable bonds is 4. The Kier molecular flexibility index (Phi) is 5.21. The van der Waals surface area contributed by atoms with Crippen molar-refractivity contribution in [3.8, 4) is 0 Å². The minimum absolute atomic E-state index is 0.0973. The summed E-state index contributed by atoms with van der Waals surface area (Å²) < 4.78 is 25.6. The second kappa shape index (κ2) is 7.23. The van der Waals surface area contributed by atoms with Crippen LogP contribution in [-0.2, 0) is 22.9 Å². The Morgan fingerprint density at radius 2 is 1.96 bits per heavy atom. The maximum atomic E-state index is 12.5. The van der Waals surface area contributed by atoms with Crippen LogP contribution in [0.3, 0.4) is 0 Å². The zero-order valence-electron chi connectivity index (χ0n) is 14.3. The third-order valence-electron chi connectivity index (χ3n) is 4.19. The van der Waals surface area contributed by atoms with Crippen LogP contribution in [0.2, 0.25) is 0 Å². The summed E-state index contributed by atoms with van der Waals surface area (Å²) >= 11 is 1.52. The summed E-state index contributed by atoms with van der Waals surface area (Å²) in [5.41, 5.74) is 1.38. The number of sulfonamides is 1. The van der Waals surface area contributed by atoms with E-state index in [-0.39, 0.29) is 10.8 Å². The van der Waals surface area contributed by atoms with Gasteiger partial charge in [-0.1, -0.05) is 12.5 Å². The second-order valence-corrected chi connectivity index (χ2v) is 9.45. The monoisotopic (exact) mass is 379 g/mol. The predicted octanol–water partition coefficient (Wildman–Crippen LogP) is 2.91. The van der Waals surface area contributed by atoms with Gasteiger partial charge in [-0.15, -0.1) is 11.3 Å². The first-order valence-corrected chi connectivity index (χ1v) is 10.5. The lowest BCUT2D eigenvalue weighted by Gasteiger charge is -2.12. The number of amides is 1. The van der Waals surface area contributed by atoms with Gasteiger partial charge in [0, 0.05) is 24.5 Å². The molecule has 1 amide bonds. The average molecular weight is 380 g/mol. The zero-order valence-corrected chi connectivity index (χ0v) is 15.9. The summed E-state index contributed by atoms with van der Waals surface area (Å²) in [5.74, 6) is -0.347. The molecule has 0 atom stereocenters. The molecule has 0 fully saturated rings. The van der Waals surface area contributed by atoms with Gasteiger partial charge in [-0.05, 0) is 43.9 Å². The normalized spacial score (nSPS) is 14.8. The van der Waals surface area contributed by atoms with E-state index in [1.807, 2.05) is 0 Å². The van der Waals surface area contributed by atoms with Gasteiger partial charge in [0.2, 0.25) is 10.0 Å². The molecule has 0 spiro atoms. The maximum Gasteiger partial charge on any atom is 0.257 e. The van der Waals surface area contributed by atoms with Gasteiger partial charge in [-0.3, -0.25) is 10.1 Å². The van der Waals surface area contributed by atoms with Gasteiger partial charge in [-0.25, -0.2) is 17.7 Å². The first kappa shape index (κ1) is 18.0. The molecule has 0 saturated heterocycles. The number of carbonyl (C=O) groups excluding carboxylic acids is 1. The number of benzene rings is 1. The molecule has 134 valence electrons. The molecule has 2 aromatic rings. The molecule has 8 heteroatoms. The molecular formula is C17H21N3O3S2. The molecular weight excluding hydrogens is 358 g/mol. The van der Waals surface area contributed by atoms with Crippen LogP contribution in [0.25, 0.3) is 0 Å². The van der Waals surface area contributed by atoms with E-state index < -0.39 is 10.0 Å². The number of fused-ring (bicyclic) bond motifs is 1. The molecule has 0 bridgehead atoms. The Balaban J connectivity index is 1.80. The van der Waals surface area contributed by atoms with Crippen molar-refractivity contribution < 1.29 is 13.2 Å². The van der Waals surface area contributed by atoms with Crippen molar-refractivity contribution in [3.05, 3.63) is 40.4 Å². The Bertz CT molecular complexity index is 865. The summed E-state index contributed by atoms with van der Waals surface area (Å²) in [6.45, 7) is 0. The van der Waals surface area contributed by atoms with Gasteiger partial charge in [0.15, 0.2) is 5.13 Å². The Hall–Kier alpha value is -1.77. The summed E-state index contributed by atoms with van der Waals surface area (Å²) in [6, 6.07) is 6.05. The van der Waals surface area contributed by atoms with Crippen molar-refractivity contribution in [2.45, 2.75) is 37.0 Å². The maximum absolute atomic E-state index is 12.5. The molecule has 1 aromatic carbocycles. The highest BCUT2D eigenvalue weighted by Gasteiger charge is 2.20. The van der Waals surface area contributed by atoms with E-state index in [4.69, 9.17) is 0 Å². The van der Waals surface area contributed by atoms with E-state index >= 15 is 0 Å². The summed E-state index contributed by atoms with van der Waals surface area (Å²) in [6.07, 6.45) is 5.48. The van der Waals surface area contributed by atoms with Crippen LogP contribution >= 0.6 is 11.3 Å². The van der Waals surface area contributed by atoms with Crippen LogP contribution in [0, 0.1) is 0 Å². The number of nitrogens with one attached hydrogen (secondary N) is 1. The van der Waals surface area contributed by atoms with Crippen molar-refractivity contribution in [3.63, 3.8) is 0 Å². The first-order chi connectivity index (χ1) is 11.9. The van der Waals surface area contributed by atoms with Gasteiger partial charge in [0.05, 0.1) is 10.6 Å². The van der Waals surface area contributed by atoms with Crippen LogP contribution in [0.1, 0.15) is 40.2 Å². The number of carbonyl (C=O) groups is 1. The fourth-order valence-corrected chi connectivity index (χ4v) is 4.75. The highest BCUT2D eigenvalue weighted by atomic mass is 32.2. The van der Waals surface area contributed by atoms with Gasteiger partial charge in [-0.2, -0.15) is 0 Å². The van der Waals surface area contributed by atoms with Crippen molar-refractivity contribution >= 4 is 32.4 Å². The molecule has 6 nitrogen and oxygen atoms in total. The van der Waals surface area contributed by atoms with Crippen LogP contribution in [0.5, 0.6) is 0 Å². The predicted molar refractivity (Wildman–Crippen MR) is 98.6 cm³/mol. The molecule has 0 unspecified atom stereocenters. The van der Waals surface area contributed by atoms with Crippen molar-refractivity contribution in [2.75, 3.05) is 19.4 Å². The summed E-state index contributed by atoms with van der Waals surface area (Å²) in [5, 5.41) is 3.39. The van der Waals surface area contributed by atoms with Gasteiger partial charge in [0.25, 0.3) is 5.91 Å². The highest BCUT2D eigenvalue weighted by molar-refractivity contribution is 7.89. The quantitative estimate of drug-likeness (QED) is 0.829. The number of nitrogens with zero attached hydrogens (tertiary/aromatic N) is 2. The number of hydrogen-bond donors (Lipinski definition) is 1. The van der Waals surface area contributed by atoms with Crippen LogP contribution in [0.4, 0.5) is 5.13 Å². The molecule has 0 aliphatic heterocycles. The van der Waals surface area contributed by atoms with E-state index in [0.717, 1.165) is 35.7 Å². The SMILES string of the molecule is CN(C)S(=O)(=O)c1cccc(C(=O)Nc2nc3c(s2)CCCCC3)c1. The fourth-order valence-electron chi connectivity index (χ4n) is 2.76. The highest BCUT2D eigenvalue weighted by Crippen LogP contribution is 2.29. The van der Waals surface area contributed by atoms with Crippen molar-refractivity contribution in [2.24, 2.45) is 0 Å². The number of aryl methyl sites for hydroxylation is 2. The molecule has 1 heterocycles. The lowest BCUT2D eigenvalue weighted by molar-refractivity contribution is 0.102. The van der Waals surface area contributed by atoms with E-state index in [1.165, 1.54) is 48.9 Å². The van der Waals surface area contributed by atoms with Crippen LogP contribution in [-0.4, -0.2) is 37.7 Å². The topological polar surface area (TPSA) is 79.4 Å². The van der Waals surface area contributed by atoms with E-state index in [1.54, 1.807) is 12.1 Å². The zero-order chi connectivity index (χ0) is 18.0. The number of hydrogen-bond acceptors (Lipinski definition) is 5. The number of thiazole rings is 1. The molecule has 0 saturated carbocycles. The summed E-state index contributed by atoms with van der Waals surface area (Å²) in [4.78, 5) is 18.4. The van der Waals surface area contributed by atoms with E-state index in [0.29, 0.717) is 10.7 Å². The average Bonchev–Trinajstić information content (AvgIpc) is 2.83. The van der Waals surface area contributed by atoms with Gasteiger partial charge >= 0.3 is 0 Å². The molecule has 1 aromatic heterocycles. The molecule has 1 aliphatic carbocycles. The molecule has 0 radical (unpaired) electrons. The van der Waals surface area contributed by atoms with Crippen molar-refractivity contribution in [1.29, 1.82) is 0 Å². The standard InChI is InChI=1S/C17H21N3O3S2/c1-20(2)25(22,23)13-8-6-7-12(11-13)16(21)19-17-18-14-9-4-3-5-10-15(14)24-17/h6-8,11H,3-5,9-10H2,1-2H3,(H,18,19,21). The fraction of sp³-hybridized carbons (Fsp3) is 0.412. The largest absolute Gasteiger partial charge is 0.298 e. The number of anilines is 1. The Morgan fingerprint density at radius 1 is 1.20 bits per heavy atom.